The SMILES string of the molecule is Cc1cc(C)cc(NC(=O)N2CCCN(c3[nH+]cccc3[N+](=O)[O-])CC2)c1. The van der Waals surface area contributed by atoms with Gasteiger partial charge in [-0.2, -0.15) is 0 Å². The first kappa shape index (κ1) is 18.6. The van der Waals surface area contributed by atoms with Crippen molar-refractivity contribution in [2.45, 2.75) is 20.3 Å². The Morgan fingerprint density at radius 3 is 2.59 bits per heavy atom. The number of nitrogens with zero attached hydrogens (tertiary/aromatic N) is 3. The summed E-state index contributed by atoms with van der Waals surface area (Å²) >= 11 is 0. The standard InChI is InChI=1S/C19H23N5O3/c1-14-11-15(2)13-16(12-14)21-19(25)23-8-4-7-22(9-10-23)18-17(24(26)27)5-3-6-20-18/h3,5-6,11-13H,4,7-10H2,1-2H3,(H,21,25)/p+1. The van der Waals surface area contributed by atoms with Crippen LogP contribution in [0.15, 0.2) is 36.5 Å². The Morgan fingerprint density at radius 1 is 1.15 bits per heavy atom. The third kappa shape index (κ3) is 4.52. The van der Waals surface area contributed by atoms with Gasteiger partial charge in [0.15, 0.2) is 0 Å². The minimum Gasteiger partial charge on any atom is -0.320 e. The molecule has 0 spiro atoms. The summed E-state index contributed by atoms with van der Waals surface area (Å²) in [5, 5.41) is 14.2. The molecule has 0 radical (unpaired) electrons. The van der Waals surface area contributed by atoms with Crippen LogP contribution >= 0.6 is 0 Å². The lowest BCUT2D eigenvalue weighted by Crippen LogP contribution is -2.39. The zero-order chi connectivity index (χ0) is 19.4. The number of amides is 2. The number of benzene rings is 1. The Hall–Kier alpha value is -3.16. The molecule has 1 aliphatic rings. The van der Waals surface area contributed by atoms with E-state index in [9.17, 15) is 14.9 Å². The molecular formula is C19H24N5O3+. The number of anilines is 2. The van der Waals surface area contributed by atoms with Gasteiger partial charge in [-0.1, -0.05) is 6.07 Å². The van der Waals surface area contributed by atoms with Crippen molar-refractivity contribution in [2.24, 2.45) is 0 Å². The highest BCUT2D eigenvalue weighted by Gasteiger charge is 2.30. The molecule has 3 rings (SSSR count). The molecule has 0 unspecified atom stereocenters. The Kier molecular flexibility index (Phi) is 5.54. The third-order valence-corrected chi connectivity index (χ3v) is 4.58. The normalized spacial score (nSPS) is 14.6. The van der Waals surface area contributed by atoms with Crippen molar-refractivity contribution in [3.63, 3.8) is 0 Å². The van der Waals surface area contributed by atoms with E-state index in [0.29, 0.717) is 32.0 Å². The van der Waals surface area contributed by atoms with Crippen LogP contribution in [-0.2, 0) is 0 Å². The summed E-state index contributed by atoms with van der Waals surface area (Å²) in [6.45, 7) is 6.27. The summed E-state index contributed by atoms with van der Waals surface area (Å²) in [5.74, 6) is 0.485. The summed E-state index contributed by atoms with van der Waals surface area (Å²) < 4.78 is 0. The van der Waals surface area contributed by atoms with Crippen LogP contribution in [0.25, 0.3) is 0 Å². The minimum absolute atomic E-state index is 0.0469. The predicted molar refractivity (Wildman–Crippen MR) is 103 cm³/mol. The summed E-state index contributed by atoms with van der Waals surface area (Å²) in [4.78, 5) is 30.2. The van der Waals surface area contributed by atoms with Gasteiger partial charge in [0.2, 0.25) is 0 Å². The van der Waals surface area contributed by atoms with E-state index in [0.717, 1.165) is 23.2 Å². The van der Waals surface area contributed by atoms with E-state index in [2.05, 4.69) is 16.4 Å². The lowest BCUT2D eigenvalue weighted by molar-refractivity contribution is -0.411. The maximum absolute atomic E-state index is 12.6. The second-order valence-corrected chi connectivity index (χ2v) is 6.80. The monoisotopic (exact) mass is 370 g/mol. The van der Waals surface area contributed by atoms with E-state index >= 15 is 0 Å². The van der Waals surface area contributed by atoms with Crippen LogP contribution in [0, 0.1) is 24.0 Å². The fourth-order valence-electron chi connectivity index (χ4n) is 3.41. The van der Waals surface area contributed by atoms with E-state index in [4.69, 9.17) is 0 Å². The highest BCUT2D eigenvalue weighted by atomic mass is 16.6. The number of hydrogen-bond donors (Lipinski definition) is 1. The molecule has 1 saturated heterocycles. The molecule has 2 heterocycles. The van der Waals surface area contributed by atoms with Crippen LogP contribution < -0.4 is 15.2 Å². The van der Waals surface area contributed by atoms with Gasteiger partial charge >= 0.3 is 17.5 Å². The number of aryl methyl sites for hydroxylation is 2. The highest BCUT2D eigenvalue weighted by molar-refractivity contribution is 5.89. The van der Waals surface area contributed by atoms with Gasteiger partial charge in [-0.3, -0.25) is 15.0 Å². The van der Waals surface area contributed by atoms with Crippen LogP contribution in [0.4, 0.5) is 22.0 Å². The summed E-state index contributed by atoms with van der Waals surface area (Å²) in [5.41, 5.74) is 3.02. The predicted octanol–water partition coefficient (Wildman–Crippen LogP) is 2.77. The highest BCUT2D eigenvalue weighted by Crippen LogP contribution is 2.23. The molecule has 1 aromatic carbocycles. The lowest BCUT2D eigenvalue weighted by Gasteiger charge is -2.20. The molecule has 2 amide bonds. The minimum atomic E-state index is -0.388. The zero-order valence-corrected chi connectivity index (χ0v) is 15.6. The van der Waals surface area contributed by atoms with E-state index in [1.54, 1.807) is 17.2 Å². The van der Waals surface area contributed by atoms with E-state index in [-0.39, 0.29) is 16.6 Å². The number of urea groups is 1. The molecule has 0 bridgehead atoms. The van der Waals surface area contributed by atoms with Gasteiger partial charge in [0, 0.05) is 24.7 Å². The van der Waals surface area contributed by atoms with Gasteiger partial charge in [-0.25, -0.2) is 9.78 Å². The number of nitro groups is 1. The quantitative estimate of drug-likeness (QED) is 0.664. The molecule has 27 heavy (non-hydrogen) atoms. The Morgan fingerprint density at radius 2 is 1.89 bits per heavy atom. The molecule has 142 valence electrons. The van der Waals surface area contributed by atoms with Gasteiger partial charge < -0.3 is 10.2 Å². The van der Waals surface area contributed by atoms with Crippen molar-refractivity contribution in [2.75, 3.05) is 36.4 Å². The van der Waals surface area contributed by atoms with Gasteiger partial charge in [0.05, 0.1) is 24.2 Å². The fourth-order valence-corrected chi connectivity index (χ4v) is 3.41. The number of rotatable bonds is 3. The number of nitrogens with one attached hydrogen (secondary N) is 2. The van der Waals surface area contributed by atoms with E-state index in [1.807, 2.05) is 30.9 Å². The van der Waals surface area contributed by atoms with E-state index in [1.165, 1.54) is 6.07 Å². The molecule has 1 fully saturated rings. The number of carbonyl (C=O) groups excluding carboxylic acids is 1. The molecule has 1 aliphatic heterocycles. The van der Waals surface area contributed by atoms with Crippen LogP contribution in [0.2, 0.25) is 0 Å². The van der Waals surface area contributed by atoms with Crippen molar-refractivity contribution in [1.29, 1.82) is 0 Å². The number of pyridine rings is 1. The Labute approximate surface area is 158 Å². The van der Waals surface area contributed by atoms with Gasteiger partial charge in [-0.15, -0.1) is 0 Å². The second-order valence-electron chi connectivity index (χ2n) is 6.80. The van der Waals surface area contributed by atoms with Crippen molar-refractivity contribution in [3.05, 3.63) is 57.8 Å². The van der Waals surface area contributed by atoms with E-state index < -0.39 is 0 Å². The third-order valence-electron chi connectivity index (χ3n) is 4.58. The molecular weight excluding hydrogens is 346 g/mol. The van der Waals surface area contributed by atoms with Gasteiger partial charge in [0.25, 0.3) is 0 Å². The Bertz CT molecular complexity index is 835. The van der Waals surface area contributed by atoms with Gasteiger partial charge in [-0.05, 0) is 43.2 Å². The molecule has 2 aromatic rings. The maximum Gasteiger partial charge on any atom is 0.357 e. The van der Waals surface area contributed by atoms with Crippen molar-refractivity contribution in [1.82, 2.24) is 4.90 Å². The first-order valence-electron chi connectivity index (χ1n) is 8.98. The molecule has 0 aliphatic carbocycles. The molecule has 1 aromatic heterocycles. The molecule has 8 heteroatoms. The number of aromatic amines is 1. The van der Waals surface area contributed by atoms with Gasteiger partial charge in [0.1, 0.15) is 6.54 Å². The van der Waals surface area contributed by atoms with Crippen molar-refractivity contribution in [3.8, 4) is 0 Å². The average Bonchev–Trinajstić information content (AvgIpc) is 2.87. The smallest absolute Gasteiger partial charge is 0.320 e. The first-order chi connectivity index (χ1) is 12.9. The van der Waals surface area contributed by atoms with Crippen LogP contribution in [0.1, 0.15) is 17.5 Å². The van der Waals surface area contributed by atoms with Crippen molar-refractivity contribution < 1.29 is 14.7 Å². The number of carbonyl (C=O) groups is 1. The number of hydrogen-bond acceptors (Lipinski definition) is 4. The summed E-state index contributed by atoms with van der Waals surface area (Å²) in [7, 11) is 0. The molecule has 0 saturated carbocycles. The maximum atomic E-state index is 12.6. The summed E-state index contributed by atoms with van der Waals surface area (Å²) in [6.07, 6.45) is 2.41. The van der Waals surface area contributed by atoms with Crippen LogP contribution in [-0.4, -0.2) is 42.0 Å². The Balaban J connectivity index is 1.68. The fraction of sp³-hybridized carbons (Fsp3) is 0.368. The molecule has 8 nitrogen and oxygen atoms in total. The van der Waals surface area contributed by atoms with Crippen molar-refractivity contribution >= 4 is 23.2 Å². The summed E-state index contributed by atoms with van der Waals surface area (Å²) in [6, 6.07) is 8.90. The number of H-pyrrole nitrogens is 1. The van der Waals surface area contributed by atoms with Crippen LogP contribution in [0.5, 0.6) is 0 Å². The largest absolute Gasteiger partial charge is 0.357 e. The zero-order valence-electron chi connectivity index (χ0n) is 15.6. The second kappa shape index (κ2) is 8.03. The topological polar surface area (TPSA) is 92.9 Å². The average molecular weight is 370 g/mol. The molecule has 2 N–H and O–H groups in total. The molecule has 0 atom stereocenters. The lowest BCUT2D eigenvalue weighted by atomic mass is 10.1. The first-order valence-corrected chi connectivity index (χ1v) is 8.98. The number of aromatic nitrogens is 1. The van der Waals surface area contributed by atoms with Crippen LogP contribution in [0.3, 0.4) is 0 Å².